The van der Waals surface area contributed by atoms with Crippen LogP contribution in [0.3, 0.4) is 0 Å². The van der Waals surface area contributed by atoms with E-state index in [1.54, 1.807) is 0 Å². The Hall–Kier alpha value is -1.39. The van der Waals surface area contributed by atoms with E-state index in [0.717, 1.165) is 24.2 Å². The number of aliphatic carboxylic acids is 1. The molecule has 5 nitrogen and oxygen atoms in total. The summed E-state index contributed by atoms with van der Waals surface area (Å²) >= 11 is 0. The van der Waals surface area contributed by atoms with Gasteiger partial charge in [-0.15, -0.1) is 0 Å². The van der Waals surface area contributed by atoms with Gasteiger partial charge < -0.3 is 5.11 Å². The van der Waals surface area contributed by atoms with Gasteiger partial charge in [0.15, 0.2) is 0 Å². The normalized spacial score (nSPS) is 40.9. The van der Waals surface area contributed by atoms with E-state index in [0.29, 0.717) is 11.8 Å². The molecule has 0 radical (unpaired) electrons. The summed E-state index contributed by atoms with van der Waals surface area (Å²) in [5.41, 5.74) is 0. The minimum atomic E-state index is -1.11. The zero-order valence-corrected chi connectivity index (χ0v) is 9.63. The number of carboxylic acid groups (broad SMARTS) is 1. The molecule has 5 heteroatoms. The monoisotopic (exact) mass is 237 g/mol. The lowest BCUT2D eigenvalue weighted by Gasteiger charge is -2.20. The number of carbonyl (C=O) groups excluding carboxylic acids is 2. The second-order valence-electron chi connectivity index (χ2n) is 5.45. The largest absolute Gasteiger partial charge is 0.480 e. The van der Waals surface area contributed by atoms with E-state index >= 15 is 0 Å². The van der Waals surface area contributed by atoms with Crippen LogP contribution >= 0.6 is 0 Å². The van der Waals surface area contributed by atoms with Crippen molar-refractivity contribution in [1.29, 1.82) is 0 Å². The van der Waals surface area contributed by atoms with Crippen LogP contribution in [0.2, 0.25) is 0 Å². The first-order valence-electron chi connectivity index (χ1n) is 6.12. The molecule has 1 N–H and O–H groups in total. The lowest BCUT2D eigenvalue weighted by Crippen LogP contribution is -2.44. The Morgan fingerprint density at radius 3 is 2.12 bits per heavy atom. The van der Waals surface area contributed by atoms with Crippen molar-refractivity contribution >= 4 is 17.8 Å². The molecule has 1 saturated heterocycles. The summed E-state index contributed by atoms with van der Waals surface area (Å²) < 4.78 is 0. The van der Waals surface area contributed by atoms with Crippen molar-refractivity contribution in [2.45, 2.75) is 32.2 Å². The van der Waals surface area contributed by atoms with Gasteiger partial charge in [0.2, 0.25) is 11.8 Å². The molecule has 2 aliphatic carbocycles. The Labute approximate surface area is 98.8 Å². The van der Waals surface area contributed by atoms with E-state index in [1.807, 2.05) is 0 Å². The van der Waals surface area contributed by atoms with Crippen LogP contribution in [0.4, 0.5) is 0 Å². The first-order chi connectivity index (χ1) is 8.02. The fourth-order valence-corrected chi connectivity index (χ4v) is 3.92. The molecule has 3 fully saturated rings. The number of carbonyl (C=O) groups is 3. The van der Waals surface area contributed by atoms with E-state index in [4.69, 9.17) is 5.11 Å². The van der Waals surface area contributed by atoms with Gasteiger partial charge in [-0.2, -0.15) is 0 Å². The molecule has 17 heavy (non-hydrogen) atoms. The van der Waals surface area contributed by atoms with Gasteiger partial charge in [0.05, 0.1) is 11.8 Å². The van der Waals surface area contributed by atoms with Crippen molar-refractivity contribution in [1.82, 2.24) is 4.90 Å². The average Bonchev–Trinajstić information content (AvgIpc) is 2.92. The van der Waals surface area contributed by atoms with E-state index in [9.17, 15) is 14.4 Å². The Morgan fingerprint density at radius 1 is 1.24 bits per heavy atom. The standard InChI is InChI=1S/C12H15NO4/c1-5(12(16)17)13-10(14)8-6-2-3-7(4-6)9(8)11(13)15/h5-9H,2-4H2,1H3,(H,16,17)/t5-,6-,7+,8-,9-/m0/s1. The number of rotatable bonds is 2. The molecule has 3 rings (SSSR count). The van der Waals surface area contributed by atoms with Crippen molar-refractivity contribution in [3.05, 3.63) is 0 Å². The highest BCUT2D eigenvalue weighted by Gasteiger charge is 2.62. The predicted molar refractivity (Wildman–Crippen MR) is 56.8 cm³/mol. The second-order valence-corrected chi connectivity index (χ2v) is 5.45. The van der Waals surface area contributed by atoms with Gasteiger partial charge in [0.1, 0.15) is 6.04 Å². The van der Waals surface area contributed by atoms with Gasteiger partial charge >= 0.3 is 5.97 Å². The quantitative estimate of drug-likeness (QED) is 0.709. The molecule has 0 aromatic heterocycles. The van der Waals surface area contributed by atoms with E-state index in [2.05, 4.69) is 0 Å². The minimum Gasteiger partial charge on any atom is -0.480 e. The Kier molecular flexibility index (Phi) is 2.09. The van der Waals surface area contributed by atoms with Crippen LogP contribution in [0.15, 0.2) is 0 Å². The van der Waals surface area contributed by atoms with Gasteiger partial charge in [0, 0.05) is 0 Å². The third-order valence-electron chi connectivity index (χ3n) is 4.71. The first-order valence-corrected chi connectivity index (χ1v) is 6.12. The zero-order valence-electron chi connectivity index (χ0n) is 9.63. The van der Waals surface area contributed by atoms with Crippen LogP contribution in [0.5, 0.6) is 0 Å². The van der Waals surface area contributed by atoms with Crippen molar-refractivity contribution in [3.8, 4) is 0 Å². The molecular formula is C12H15NO4. The van der Waals surface area contributed by atoms with Gasteiger partial charge in [-0.05, 0) is 38.0 Å². The Balaban J connectivity index is 1.93. The summed E-state index contributed by atoms with van der Waals surface area (Å²) in [7, 11) is 0. The van der Waals surface area contributed by atoms with Crippen LogP contribution < -0.4 is 0 Å². The highest BCUT2D eigenvalue weighted by molar-refractivity contribution is 6.08. The highest BCUT2D eigenvalue weighted by atomic mass is 16.4. The molecule has 0 unspecified atom stereocenters. The van der Waals surface area contributed by atoms with Crippen LogP contribution in [-0.4, -0.2) is 33.8 Å². The van der Waals surface area contributed by atoms with Crippen LogP contribution in [0.25, 0.3) is 0 Å². The Bertz CT molecular complexity index is 391. The third-order valence-corrected chi connectivity index (χ3v) is 4.71. The van der Waals surface area contributed by atoms with E-state index in [1.165, 1.54) is 6.92 Å². The average molecular weight is 237 g/mol. The van der Waals surface area contributed by atoms with Crippen molar-refractivity contribution in [3.63, 3.8) is 0 Å². The van der Waals surface area contributed by atoms with Crippen LogP contribution in [-0.2, 0) is 14.4 Å². The number of carboxylic acids is 1. The maximum absolute atomic E-state index is 12.2. The number of fused-ring (bicyclic) bond motifs is 5. The molecule has 92 valence electrons. The summed E-state index contributed by atoms with van der Waals surface area (Å²) in [5, 5.41) is 8.94. The van der Waals surface area contributed by atoms with E-state index in [-0.39, 0.29) is 23.7 Å². The number of hydrogen-bond donors (Lipinski definition) is 1. The van der Waals surface area contributed by atoms with Crippen LogP contribution in [0, 0.1) is 23.7 Å². The van der Waals surface area contributed by atoms with Gasteiger partial charge in [-0.1, -0.05) is 0 Å². The van der Waals surface area contributed by atoms with Crippen LogP contribution in [0.1, 0.15) is 26.2 Å². The summed E-state index contributed by atoms with van der Waals surface area (Å²) in [5.74, 6) is -1.42. The molecule has 1 heterocycles. The number of hydrogen-bond acceptors (Lipinski definition) is 3. The first kappa shape index (κ1) is 10.7. The zero-order chi connectivity index (χ0) is 12.3. The van der Waals surface area contributed by atoms with Gasteiger partial charge in [-0.3, -0.25) is 14.5 Å². The van der Waals surface area contributed by atoms with Crippen molar-refractivity contribution < 1.29 is 19.5 Å². The second kappa shape index (κ2) is 3.31. The summed E-state index contributed by atoms with van der Waals surface area (Å²) in [4.78, 5) is 36.3. The molecule has 0 spiro atoms. The van der Waals surface area contributed by atoms with Gasteiger partial charge in [-0.25, -0.2) is 4.79 Å². The number of imide groups is 1. The molecule has 2 amide bonds. The van der Waals surface area contributed by atoms with Crippen molar-refractivity contribution in [2.24, 2.45) is 23.7 Å². The summed E-state index contributed by atoms with van der Waals surface area (Å²) in [6.45, 7) is 1.40. The lowest BCUT2D eigenvalue weighted by atomic mass is 9.81. The molecular weight excluding hydrogens is 222 g/mol. The fraction of sp³-hybridized carbons (Fsp3) is 0.750. The molecule has 0 aromatic rings. The fourth-order valence-electron chi connectivity index (χ4n) is 3.92. The number of amides is 2. The lowest BCUT2D eigenvalue weighted by molar-refractivity contribution is -0.154. The SMILES string of the molecule is C[C@@H](C(=O)O)N1C(=O)[C@H]2[C@@H]3CC[C@@H](C3)[C@@H]2C1=O. The summed E-state index contributed by atoms with van der Waals surface area (Å²) in [6, 6.07) is -1.03. The molecule has 5 atom stereocenters. The smallest absolute Gasteiger partial charge is 0.326 e. The summed E-state index contributed by atoms with van der Waals surface area (Å²) in [6.07, 6.45) is 3.00. The highest BCUT2D eigenvalue weighted by Crippen LogP contribution is 2.56. The predicted octanol–water partition coefficient (Wildman–Crippen LogP) is 0.491. The molecule has 0 aromatic carbocycles. The number of likely N-dealkylation sites (tertiary alicyclic amines) is 1. The van der Waals surface area contributed by atoms with Crippen molar-refractivity contribution in [2.75, 3.05) is 0 Å². The molecule has 1 aliphatic heterocycles. The van der Waals surface area contributed by atoms with Gasteiger partial charge in [0.25, 0.3) is 0 Å². The molecule has 2 saturated carbocycles. The van der Waals surface area contributed by atoms with E-state index < -0.39 is 12.0 Å². The Morgan fingerprint density at radius 2 is 1.71 bits per heavy atom. The maximum atomic E-state index is 12.2. The minimum absolute atomic E-state index is 0.219. The number of nitrogens with zero attached hydrogens (tertiary/aromatic N) is 1. The molecule has 3 aliphatic rings. The molecule has 2 bridgehead atoms. The topological polar surface area (TPSA) is 74.7 Å². The maximum Gasteiger partial charge on any atom is 0.326 e. The third kappa shape index (κ3) is 1.22.